The van der Waals surface area contributed by atoms with Crippen LogP contribution in [0.4, 0.5) is 0 Å². The molecule has 2 atom stereocenters. The van der Waals surface area contributed by atoms with Gasteiger partial charge in [-0.05, 0) is 101 Å². The van der Waals surface area contributed by atoms with Crippen molar-refractivity contribution in [3.8, 4) is 11.1 Å². The lowest BCUT2D eigenvalue weighted by atomic mass is 9.58. The molecule has 6 rings (SSSR count). The topological polar surface area (TPSA) is 0 Å². The summed E-state index contributed by atoms with van der Waals surface area (Å²) in [7, 11) is 0. The van der Waals surface area contributed by atoms with Crippen LogP contribution in [-0.2, 0) is 18.3 Å². The van der Waals surface area contributed by atoms with Crippen molar-refractivity contribution in [1.29, 1.82) is 0 Å². The van der Waals surface area contributed by atoms with Gasteiger partial charge < -0.3 is 0 Å². The van der Waals surface area contributed by atoms with E-state index in [1.807, 2.05) is 0 Å². The van der Waals surface area contributed by atoms with Crippen LogP contribution in [-0.4, -0.2) is 0 Å². The van der Waals surface area contributed by atoms with Crippen LogP contribution >= 0.6 is 11.6 Å². The van der Waals surface area contributed by atoms with Gasteiger partial charge in [0.05, 0.1) is 0 Å². The van der Waals surface area contributed by atoms with Gasteiger partial charge in [-0.25, -0.2) is 0 Å². The second-order valence-corrected chi connectivity index (χ2v) is 10.3. The lowest BCUT2D eigenvalue weighted by Crippen LogP contribution is -2.36. The molecule has 0 saturated heterocycles. The molecule has 0 saturated carbocycles. The Morgan fingerprint density at radius 1 is 0.758 bits per heavy atom. The Bertz CT molecular complexity index is 1350. The first-order valence-corrected chi connectivity index (χ1v) is 12.5. The molecule has 0 nitrogen and oxygen atoms in total. The van der Waals surface area contributed by atoms with Gasteiger partial charge in [-0.15, -0.1) is 0 Å². The van der Waals surface area contributed by atoms with Crippen molar-refractivity contribution in [2.75, 3.05) is 0 Å². The number of benzene rings is 4. The highest BCUT2D eigenvalue weighted by molar-refractivity contribution is 6.30. The molecular weight excluding hydrogens is 420 g/mol. The van der Waals surface area contributed by atoms with E-state index in [1.165, 1.54) is 45.4 Å². The molecular formula is C32H29Cl. The fourth-order valence-corrected chi connectivity index (χ4v) is 6.74. The maximum atomic E-state index is 6.34. The fourth-order valence-electron chi connectivity index (χ4n) is 6.62. The normalized spacial score (nSPS) is 21.1. The van der Waals surface area contributed by atoms with Crippen LogP contribution in [0.25, 0.3) is 11.1 Å². The smallest absolute Gasteiger partial charge is 0.0457 e. The number of hydrogen-bond donors (Lipinski definition) is 0. The maximum absolute atomic E-state index is 6.34. The largest absolute Gasteiger partial charge is 0.0843 e. The van der Waals surface area contributed by atoms with E-state index >= 15 is 0 Å². The Balaban J connectivity index is 1.67. The van der Waals surface area contributed by atoms with Crippen LogP contribution in [0.3, 0.4) is 0 Å². The van der Waals surface area contributed by atoms with Gasteiger partial charge in [0.25, 0.3) is 0 Å². The number of aryl methyl sites for hydroxylation is 2. The van der Waals surface area contributed by atoms with Crippen LogP contribution < -0.4 is 0 Å². The van der Waals surface area contributed by atoms with E-state index in [1.54, 1.807) is 11.1 Å². The van der Waals surface area contributed by atoms with Gasteiger partial charge in [0.15, 0.2) is 0 Å². The summed E-state index contributed by atoms with van der Waals surface area (Å²) in [5.74, 6) is 0.560. The molecule has 2 aliphatic carbocycles. The zero-order chi connectivity index (χ0) is 22.6. The highest BCUT2D eigenvalue weighted by Crippen LogP contribution is 2.54. The van der Waals surface area contributed by atoms with Gasteiger partial charge in [-0.2, -0.15) is 0 Å². The van der Waals surface area contributed by atoms with Crippen LogP contribution in [0, 0.1) is 6.92 Å². The van der Waals surface area contributed by atoms with E-state index in [0.717, 1.165) is 24.3 Å². The molecule has 4 aromatic rings. The van der Waals surface area contributed by atoms with Gasteiger partial charge in [-0.1, -0.05) is 91.3 Å². The molecule has 164 valence electrons. The second-order valence-electron chi connectivity index (χ2n) is 9.88. The summed E-state index contributed by atoms with van der Waals surface area (Å²) in [6, 6.07) is 31.4. The first-order chi connectivity index (χ1) is 16.1. The van der Waals surface area contributed by atoms with Crippen molar-refractivity contribution in [2.24, 2.45) is 0 Å². The molecule has 0 radical (unpaired) electrons. The standard InChI is InChI=1S/C32H29Cl/c1-21-7-3-6-10-29(21)32(24-12-14-25(33)15-13-24)20-19-22(2)31-28-16-11-23-8-4-5-9-26(23)27(28)17-18-30(31)32/h3-10,12-15,17-18,22H,11,16,19-20H2,1-2H3. The van der Waals surface area contributed by atoms with Crippen molar-refractivity contribution < 1.29 is 0 Å². The van der Waals surface area contributed by atoms with Gasteiger partial charge in [0, 0.05) is 10.4 Å². The molecule has 4 aromatic carbocycles. The minimum absolute atomic E-state index is 0.149. The number of rotatable bonds is 2. The van der Waals surface area contributed by atoms with Crippen molar-refractivity contribution in [3.63, 3.8) is 0 Å². The highest BCUT2D eigenvalue weighted by Gasteiger charge is 2.44. The Kier molecular flexibility index (Phi) is 4.96. The van der Waals surface area contributed by atoms with E-state index in [-0.39, 0.29) is 5.41 Å². The van der Waals surface area contributed by atoms with Gasteiger partial charge in [0.1, 0.15) is 0 Å². The van der Waals surface area contributed by atoms with E-state index in [0.29, 0.717) is 5.92 Å². The predicted molar refractivity (Wildman–Crippen MR) is 139 cm³/mol. The van der Waals surface area contributed by atoms with Crippen LogP contribution in [0.15, 0.2) is 84.9 Å². The van der Waals surface area contributed by atoms with Crippen molar-refractivity contribution in [1.82, 2.24) is 0 Å². The van der Waals surface area contributed by atoms with Crippen LogP contribution in [0.2, 0.25) is 5.02 Å². The summed E-state index contributed by atoms with van der Waals surface area (Å²) in [5.41, 5.74) is 13.0. The minimum atomic E-state index is -0.149. The molecule has 0 amide bonds. The Morgan fingerprint density at radius 3 is 2.33 bits per heavy atom. The summed E-state index contributed by atoms with van der Waals surface area (Å²) in [6.45, 7) is 4.70. The summed E-state index contributed by atoms with van der Waals surface area (Å²) in [4.78, 5) is 0. The summed E-state index contributed by atoms with van der Waals surface area (Å²) < 4.78 is 0. The molecule has 0 N–H and O–H groups in total. The SMILES string of the molecule is Cc1ccccc1C1(c2ccc(Cl)cc2)CCC(C)c2c1ccc1c2CCc2ccccc2-1. The van der Waals surface area contributed by atoms with E-state index in [4.69, 9.17) is 11.6 Å². The average molecular weight is 449 g/mol. The third-order valence-electron chi connectivity index (χ3n) is 8.16. The maximum Gasteiger partial charge on any atom is 0.0457 e. The van der Waals surface area contributed by atoms with Crippen molar-refractivity contribution >= 4 is 11.6 Å². The third-order valence-corrected chi connectivity index (χ3v) is 8.41. The fraction of sp³-hybridized carbons (Fsp3) is 0.250. The molecule has 0 heterocycles. The minimum Gasteiger partial charge on any atom is -0.0843 e. The number of hydrogen-bond acceptors (Lipinski definition) is 0. The van der Waals surface area contributed by atoms with Gasteiger partial charge >= 0.3 is 0 Å². The number of fused-ring (bicyclic) bond motifs is 5. The quantitative estimate of drug-likeness (QED) is 0.288. The molecule has 2 aliphatic rings. The van der Waals surface area contributed by atoms with E-state index in [2.05, 4.69) is 98.8 Å². The average Bonchev–Trinajstić information content (AvgIpc) is 2.85. The monoisotopic (exact) mass is 448 g/mol. The Labute approximate surface area is 202 Å². The summed E-state index contributed by atoms with van der Waals surface area (Å²) in [5, 5.41) is 0.796. The van der Waals surface area contributed by atoms with Crippen molar-refractivity contribution in [3.05, 3.63) is 129 Å². The lowest BCUT2D eigenvalue weighted by Gasteiger charge is -2.45. The van der Waals surface area contributed by atoms with Gasteiger partial charge in [-0.3, -0.25) is 0 Å². The molecule has 0 fully saturated rings. The zero-order valence-corrected chi connectivity index (χ0v) is 20.1. The van der Waals surface area contributed by atoms with Crippen LogP contribution in [0.1, 0.15) is 64.6 Å². The summed E-state index contributed by atoms with van der Waals surface area (Å²) in [6.07, 6.45) is 4.56. The molecule has 1 heteroatoms. The number of halogens is 1. The van der Waals surface area contributed by atoms with E-state index in [9.17, 15) is 0 Å². The third kappa shape index (κ3) is 3.11. The molecule has 0 bridgehead atoms. The molecule has 0 spiro atoms. The second kappa shape index (κ2) is 7.89. The van der Waals surface area contributed by atoms with E-state index < -0.39 is 0 Å². The molecule has 33 heavy (non-hydrogen) atoms. The highest BCUT2D eigenvalue weighted by atomic mass is 35.5. The lowest BCUT2D eigenvalue weighted by molar-refractivity contribution is 0.452. The molecule has 0 aliphatic heterocycles. The Hall–Kier alpha value is -2.83. The Morgan fingerprint density at radius 2 is 1.52 bits per heavy atom. The molecule has 0 aromatic heterocycles. The molecule has 2 unspecified atom stereocenters. The first kappa shape index (κ1) is 20.8. The zero-order valence-electron chi connectivity index (χ0n) is 19.4. The van der Waals surface area contributed by atoms with Gasteiger partial charge in [0.2, 0.25) is 0 Å². The van der Waals surface area contributed by atoms with Crippen molar-refractivity contribution in [2.45, 2.75) is 50.9 Å². The first-order valence-electron chi connectivity index (χ1n) is 12.2. The predicted octanol–water partition coefficient (Wildman–Crippen LogP) is 8.65. The van der Waals surface area contributed by atoms with Crippen LogP contribution in [0.5, 0.6) is 0 Å². The summed E-state index contributed by atoms with van der Waals surface area (Å²) >= 11 is 6.34.